The molecule has 1 saturated heterocycles. The van der Waals surface area contributed by atoms with Gasteiger partial charge in [-0.15, -0.1) is 0 Å². The van der Waals surface area contributed by atoms with Crippen molar-refractivity contribution in [3.63, 3.8) is 0 Å². The molecule has 0 aliphatic carbocycles. The fraction of sp³-hybridized carbons (Fsp3) is 0.667. The number of likely N-dealkylation sites (tertiary alicyclic amines) is 1. The Morgan fingerprint density at radius 1 is 1.43 bits per heavy atom. The predicted molar refractivity (Wildman–Crippen MR) is 80.0 cm³/mol. The summed E-state index contributed by atoms with van der Waals surface area (Å²) < 4.78 is 5.08. The van der Waals surface area contributed by atoms with E-state index in [2.05, 4.69) is 20.4 Å². The maximum atomic E-state index is 11.9. The highest BCUT2D eigenvalue weighted by atomic mass is 16.5. The van der Waals surface area contributed by atoms with Gasteiger partial charge in [-0.2, -0.15) is 10.2 Å². The van der Waals surface area contributed by atoms with E-state index >= 15 is 0 Å². The number of amides is 1. The van der Waals surface area contributed by atoms with Crippen LogP contribution >= 0.6 is 0 Å². The Kier molecular flexibility index (Phi) is 6.56. The molecule has 1 aromatic heterocycles. The molecule has 1 N–H and O–H groups in total. The molecule has 0 unspecified atom stereocenters. The molecule has 0 saturated carbocycles. The summed E-state index contributed by atoms with van der Waals surface area (Å²) >= 11 is 0. The number of hydrogen-bond acceptors (Lipinski definition) is 5. The first-order valence-corrected chi connectivity index (χ1v) is 7.56. The lowest BCUT2D eigenvalue weighted by Crippen LogP contribution is -2.39. The van der Waals surface area contributed by atoms with Crippen molar-refractivity contribution in [1.29, 1.82) is 0 Å². The molecule has 6 nitrogen and oxygen atoms in total. The van der Waals surface area contributed by atoms with E-state index in [1.807, 2.05) is 0 Å². The summed E-state index contributed by atoms with van der Waals surface area (Å²) in [4.78, 5) is 14.4. The third-order valence-electron chi connectivity index (χ3n) is 3.93. The number of aromatic nitrogens is 2. The van der Waals surface area contributed by atoms with Crippen LogP contribution in [0.25, 0.3) is 0 Å². The molecule has 2 heterocycles. The lowest BCUT2D eigenvalue weighted by molar-refractivity contribution is 0.0933. The zero-order valence-corrected chi connectivity index (χ0v) is 12.6. The molecule has 1 fully saturated rings. The van der Waals surface area contributed by atoms with Gasteiger partial charge in [0.15, 0.2) is 0 Å². The van der Waals surface area contributed by atoms with Crippen LogP contribution in [0.3, 0.4) is 0 Å². The van der Waals surface area contributed by atoms with Gasteiger partial charge in [-0.25, -0.2) is 0 Å². The third-order valence-corrected chi connectivity index (χ3v) is 3.93. The zero-order chi connectivity index (χ0) is 14.9. The second-order valence-electron chi connectivity index (χ2n) is 5.47. The number of piperidine rings is 1. The Hall–Kier alpha value is -1.53. The average molecular weight is 292 g/mol. The van der Waals surface area contributed by atoms with Gasteiger partial charge in [-0.1, -0.05) is 0 Å². The predicted octanol–water partition coefficient (Wildman–Crippen LogP) is 0.955. The van der Waals surface area contributed by atoms with E-state index in [1.54, 1.807) is 13.2 Å². The van der Waals surface area contributed by atoms with E-state index in [9.17, 15) is 4.79 Å². The van der Waals surface area contributed by atoms with Crippen molar-refractivity contribution in [2.75, 3.05) is 39.9 Å². The van der Waals surface area contributed by atoms with E-state index < -0.39 is 0 Å². The van der Waals surface area contributed by atoms with Gasteiger partial charge < -0.3 is 15.0 Å². The molecule has 1 aliphatic heterocycles. The van der Waals surface area contributed by atoms with Crippen molar-refractivity contribution >= 4 is 5.91 Å². The standard InChI is InChI=1S/C15H24N4O2/c1-21-10-2-7-19-8-4-13(5-9-19)11-16-15(20)14-3-6-17-18-12-14/h3,6,12-13H,2,4-5,7-11H2,1H3,(H,16,20). The molecular formula is C15H24N4O2. The molecule has 116 valence electrons. The smallest absolute Gasteiger partial charge is 0.252 e. The summed E-state index contributed by atoms with van der Waals surface area (Å²) in [7, 11) is 1.74. The minimum atomic E-state index is -0.0626. The first-order chi connectivity index (χ1) is 10.3. The lowest BCUT2D eigenvalue weighted by Gasteiger charge is -2.31. The molecule has 0 bridgehead atoms. The third kappa shape index (κ3) is 5.40. The van der Waals surface area contributed by atoms with E-state index in [-0.39, 0.29) is 5.91 Å². The summed E-state index contributed by atoms with van der Waals surface area (Å²) in [5.41, 5.74) is 0.571. The molecule has 2 rings (SSSR count). The molecular weight excluding hydrogens is 268 g/mol. The first kappa shape index (κ1) is 15.9. The highest BCUT2D eigenvalue weighted by molar-refractivity contribution is 5.93. The van der Waals surface area contributed by atoms with Crippen LogP contribution in [0, 0.1) is 5.92 Å². The molecule has 21 heavy (non-hydrogen) atoms. The van der Waals surface area contributed by atoms with Gasteiger partial charge in [0.25, 0.3) is 5.91 Å². The van der Waals surface area contributed by atoms with Gasteiger partial charge in [-0.05, 0) is 44.3 Å². The van der Waals surface area contributed by atoms with Crippen LogP contribution in [0.15, 0.2) is 18.5 Å². The number of carbonyl (C=O) groups is 1. The number of nitrogens with zero attached hydrogens (tertiary/aromatic N) is 3. The zero-order valence-electron chi connectivity index (χ0n) is 12.6. The van der Waals surface area contributed by atoms with Gasteiger partial charge in [0, 0.05) is 26.8 Å². The van der Waals surface area contributed by atoms with Crippen LogP contribution in [-0.2, 0) is 4.74 Å². The quantitative estimate of drug-likeness (QED) is 0.758. The number of rotatable bonds is 7. The van der Waals surface area contributed by atoms with Gasteiger partial charge >= 0.3 is 0 Å². The number of nitrogens with one attached hydrogen (secondary N) is 1. The topological polar surface area (TPSA) is 67.3 Å². The summed E-state index contributed by atoms with van der Waals surface area (Å²) in [6, 6.07) is 1.68. The Morgan fingerprint density at radius 3 is 2.90 bits per heavy atom. The molecule has 0 spiro atoms. The van der Waals surface area contributed by atoms with Crippen LogP contribution in [0.5, 0.6) is 0 Å². The first-order valence-electron chi connectivity index (χ1n) is 7.56. The molecule has 1 aromatic rings. The summed E-state index contributed by atoms with van der Waals surface area (Å²) in [6.45, 7) is 4.90. The van der Waals surface area contributed by atoms with Crippen molar-refractivity contribution in [2.24, 2.45) is 5.92 Å². The Bertz CT molecular complexity index is 419. The monoisotopic (exact) mass is 292 g/mol. The van der Waals surface area contributed by atoms with Crippen LogP contribution in [0.4, 0.5) is 0 Å². The molecule has 1 aliphatic rings. The SMILES string of the molecule is COCCCN1CCC(CNC(=O)c2ccnnc2)CC1. The Morgan fingerprint density at radius 2 is 2.24 bits per heavy atom. The fourth-order valence-corrected chi connectivity index (χ4v) is 2.61. The summed E-state index contributed by atoms with van der Waals surface area (Å²) in [5, 5.41) is 10.4. The minimum Gasteiger partial charge on any atom is -0.385 e. The Labute approximate surface area is 125 Å². The molecule has 0 aromatic carbocycles. The number of methoxy groups -OCH3 is 1. The summed E-state index contributed by atoms with van der Waals surface area (Å²) in [5.74, 6) is 0.509. The van der Waals surface area contributed by atoms with Gasteiger partial charge in [0.1, 0.15) is 0 Å². The van der Waals surface area contributed by atoms with Crippen molar-refractivity contribution in [3.8, 4) is 0 Å². The van der Waals surface area contributed by atoms with Crippen molar-refractivity contribution < 1.29 is 9.53 Å². The normalized spacial score (nSPS) is 16.8. The van der Waals surface area contributed by atoms with E-state index in [0.29, 0.717) is 11.5 Å². The number of hydrogen-bond donors (Lipinski definition) is 1. The minimum absolute atomic E-state index is 0.0626. The average Bonchev–Trinajstić information content (AvgIpc) is 2.55. The van der Waals surface area contributed by atoms with Crippen molar-refractivity contribution in [3.05, 3.63) is 24.0 Å². The van der Waals surface area contributed by atoms with Crippen LogP contribution in [-0.4, -0.2) is 60.9 Å². The Balaban J connectivity index is 1.64. The number of ether oxygens (including phenoxy) is 1. The van der Waals surface area contributed by atoms with E-state index in [1.165, 1.54) is 12.4 Å². The second-order valence-corrected chi connectivity index (χ2v) is 5.47. The summed E-state index contributed by atoms with van der Waals surface area (Å²) in [6.07, 6.45) is 6.40. The highest BCUT2D eigenvalue weighted by Crippen LogP contribution is 2.16. The maximum absolute atomic E-state index is 11.9. The highest BCUT2D eigenvalue weighted by Gasteiger charge is 2.19. The van der Waals surface area contributed by atoms with Gasteiger partial charge in [0.2, 0.25) is 0 Å². The second kappa shape index (κ2) is 8.69. The van der Waals surface area contributed by atoms with E-state index in [0.717, 1.165) is 52.0 Å². The van der Waals surface area contributed by atoms with Crippen molar-refractivity contribution in [1.82, 2.24) is 20.4 Å². The van der Waals surface area contributed by atoms with Crippen LogP contribution in [0.2, 0.25) is 0 Å². The lowest BCUT2D eigenvalue weighted by atomic mass is 9.96. The molecule has 0 radical (unpaired) electrons. The maximum Gasteiger partial charge on any atom is 0.252 e. The van der Waals surface area contributed by atoms with Crippen LogP contribution < -0.4 is 5.32 Å². The molecule has 1 amide bonds. The van der Waals surface area contributed by atoms with Crippen molar-refractivity contribution in [2.45, 2.75) is 19.3 Å². The van der Waals surface area contributed by atoms with Crippen LogP contribution in [0.1, 0.15) is 29.6 Å². The van der Waals surface area contributed by atoms with Gasteiger partial charge in [0.05, 0.1) is 18.0 Å². The van der Waals surface area contributed by atoms with Gasteiger partial charge in [-0.3, -0.25) is 4.79 Å². The fourth-order valence-electron chi connectivity index (χ4n) is 2.61. The molecule has 6 heteroatoms. The van der Waals surface area contributed by atoms with E-state index in [4.69, 9.17) is 4.74 Å². The largest absolute Gasteiger partial charge is 0.385 e. The molecule has 0 atom stereocenters. The number of carbonyl (C=O) groups excluding carboxylic acids is 1.